The van der Waals surface area contributed by atoms with Gasteiger partial charge in [0.1, 0.15) is 0 Å². The highest BCUT2D eigenvalue weighted by atomic mass is 32.2. The molecule has 2 heteroatoms. The summed E-state index contributed by atoms with van der Waals surface area (Å²) in [6.45, 7) is 8.10. The van der Waals surface area contributed by atoms with Crippen LogP contribution >= 0.6 is 11.8 Å². The molecule has 0 aliphatic carbocycles. The van der Waals surface area contributed by atoms with Gasteiger partial charge in [0.05, 0.1) is 0 Å². The van der Waals surface area contributed by atoms with Crippen LogP contribution in [0.2, 0.25) is 0 Å². The second-order valence-electron chi connectivity index (χ2n) is 3.88. The SMILES string of the molecule is C=CCSCCNCC(C)c1ccccc1. The third-order valence-electron chi connectivity index (χ3n) is 2.48. The topological polar surface area (TPSA) is 12.0 Å². The molecule has 16 heavy (non-hydrogen) atoms. The molecule has 0 aromatic heterocycles. The maximum Gasteiger partial charge on any atom is 0.0111 e. The van der Waals surface area contributed by atoms with Crippen LogP contribution in [0.3, 0.4) is 0 Å². The lowest BCUT2D eigenvalue weighted by Crippen LogP contribution is -2.22. The molecule has 0 aliphatic heterocycles. The van der Waals surface area contributed by atoms with Gasteiger partial charge in [-0.05, 0) is 11.5 Å². The fourth-order valence-corrected chi connectivity index (χ4v) is 2.15. The van der Waals surface area contributed by atoms with Crippen molar-refractivity contribution in [1.29, 1.82) is 0 Å². The van der Waals surface area contributed by atoms with Gasteiger partial charge in [0.2, 0.25) is 0 Å². The summed E-state index contributed by atoms with van der Waals surface area (Å²) in [6, 6.07) is 10.7. The molecule has 0 heterocycles. The van der Waals surface area contributed by atoms with Crippen LogP contribution in [-0.2, 0) is 0 Å². The van der Waals surface area contributed by atoms with Gasteiger partial charge in [0, 0.05) is 24.6 Å². The van der Waals surface area contributed by atoms with Crippen molar-refractivity contribution in [3.63, 3.8) is 0 Å². The third kappa shape index (κ3) is 5.38. The first-order valence-corrected chi connectivity index (χ1v) is 6.94. The van der Waals surface area contributed by atoms with Gasteiger partial charge in [-0.3, -0.25) is 0 Å². The summed E-state index contributed by atoms with van der Waals surface area (Å²) in [6.07, 6.45) is 1.96. The van der Waals surface area contributed by atoms with E-state index in [0.717, 1.165) is 24.6 Å². The van der Waals surface area contributed by atoms with Gasteiger partial charge in [-0.25, -0.2) is 0 Å². The fourth-order valence-electron chi connectivity index (χ4n) is 1.53. The summed E-state index contributed by atoms with van der Waals surface area (Å²) in [5, 5.41) is 3.49. The Morgan fingerprint density at radius 2 is 2.12 bits per heavy atom. The van der Waals surface area contributed by atoms with Crippen molar-refractivity contribution >= 4 is 11.8 Å². The molecule has 1 unspecified atom stereocenters. The first-order chi connectivity index (χ1) is 7.84. The lowest BCUT2D eigenvalue weighted by molar-refractivity contribution is 0.638. The van der Waals surface area contributed by atoms with Crippen molar-refractivity contribution in [3.8, 4) is 0 Å². The van der Waals surface area contributed by atoms with Crippen molar-refractivity contribution in [2.75, 3.05) is 24.6 Å². The molecule has 1 nitrogen and oxygen atoms in total. The normalized spacial score (nSPS) is 12.3. The van der Waals surface area contributed by atoms with E-state index in [-0.39, 0.29) is 0 Å². The first-order valence-electron chi connectivity index (χ1n) is 5.79. The molecule has 1 N–H and O–H groups in total. The average Bonchev–Trinajstić information content (AvgIpc) is 2.34. The lowest BCUT2D eigenvalue weighted by Gasteiger charge is -2.12. The van der Waals surface area contributed by atoms with Crippen molar-refractivity contribution in [2.24, 2.45) is 0 Å². The van der Waals surface area contributed by atoms with Crippen molar-refractivity contribution < 1.29 is 0 Å². The predicted octanol–water partition coefficient (Wildman–Crippen LogP) is 3.30. The largest absolute Gasteiger partial charge is 0.315 e. The third-order valence-corrected chi connectivity index (χ3v) is 3.44. The minimum absolute atomic E-state index is 0.589. The number of benzene rings is 1. The van der Waals surface area contributed by atoms with Crippen molar-refractivity contribution in [1.82, 2.24) is 5.32 Å². The second-order valence-corrected chi connectivity index (χ2v) is 5.03. The van der Waals surface area contributed by atoms with Crippen LogP contribution < -0.4 is 5.32 Å². The summed E-state index contributed by atoms with van der Waals surface area (Å²) in [7, 11) is 0. The molecule has 1 aromatic carbocycles. The van der Waals surface area contributed by atoms with Crippen LogP contribution in [-0.4, -0.2) is 24.6 Å². The van der Waals surface area contributed by atoms with Crippen molar-refractivity contribution in [2.45, 2.75) is 12.8 Å². The Kier molecular flexibility index (Phi) is 7.02. The molecule has 0 bridgehead atoms. The zero-order valence-electron chi connectivity index (χ0n) is 9.99. The molecule has 0 amide bonds. The summed E-state index contributed by atoms with van der Waals surface area (Å²) < 4.78 is 0. The Labute approximate surface area is 103 Å². The predicted molar refractivity (Wildman–Crippen MR) is 75.2 cm³/mol. The molecule has 88 valence electrons. The van der Waals surface area contributed by atoms with Gasteiger partial charge < -0.3 is 5.32 Å². The molecule has 1 rings (SSSR count). The van der Waals surface area contributed by atoms with Crippen LogP contribution in [0.5, 0.6) is 0 Å². The van der Waals surface area contributed by atoms with Crippen LogP contribution in [0.1, 0.15) is 18.4 Å². The molecule has 0 spiro atoms. The Morgan fingerprint density at radius 3 is 2.81 bits per heavy atom. The van der Waals surface area contributed by atoms with E-state index in [0.29, 0.717) is 5.92 Å². The minimum Gasteiger partial charge on any atom is -0.315 e. The molecular weight excluding hydrogens is 214 g/mol. The highest BCUT2D eigenvalue weighted by Crippen LogP contribution is 2.12. The fraction of sp³-hybridized carbons (Fsp3) is 0.429. The van der Waals surface area contributed by atoms with E-state index in [9.17, 15) is 0 Å². The summed E-state index contributed by atoms with van der Waals surface area (Å²) in [5.74, 6) is 2.80. The molecular formula is C14H21NS. The maximum absolute atomic E-state index is 3.71. The molecule has 1 atom stereocenters. The monoisotopic (exact) mass is 235 g/mol. The number of nitrogens with one attached hydrogen (secondary N) is 1. The van der Waals surface area contributed by atoms with Gasteiger partial charge in [0.25, 0.3) is 0 Å². The Balaban J connectivity index is 2.11. The van der Waals surface area contributed by atoms with Crippen LogP contribution in [0.15, 0.2) is 43.0 Å². The Bertz CT molecular complexity index is 284. The zero-order valence-corrected chi connectivity index (χ0v) is 10.8. The standard InChI is InChI=1S/C14H21NS/c1-3-10-16-11-9-15-12-13(2)14-7-5-4-6-8-14/h3-8,13,15H,1,9-12H2,2H3. The van der Waals surface area contributed by atoms with E-state index in [2.05, 4.69) is 49.2 Å². The Hall–Kier alpha value is -0.730. The highest BCUT2D eigenvalue weighted by Gasteiger charge is 2.02. The number of hydrogen-bond acceptors (Lipinski definition) is 2. The summed E-state index contributed by atoms with van der Waals surface area (Å²) in [4.78, 5) is 0. The van der Waals surface area contributed by atoms with Crippen LogP contribution in [0.4, 0.5) is 0 Å². The van der Waals surface area contributed by atoms with E-state index in [4.69, 9.17) is 0 Å². The molecule has 1 aromatic rings. The average molecular weight is 235 g/mol. The van der Waals surface area contributed by atoms with Crippen LogP contribution in [0, 0.1) is 0 Å². The highest BCUT2D eigenvalue weighted by molar-refractivity contribution is 7.99. The van der Waals surface area contributed by atoms with Crippen molar-refractivity contribution in [3.05, 3.63) is 48.6 Å². The number of rotatable bonds is 8. The number of thioether (sulfide) groups is 1. The van der Waals surface area contributed by atoms with Gasteiger partial charge in [-0.15, -0.1) is 6.58 Å². The molecule has 0 aliphatic rings. The quantitative estimate of drug-likeness (QED) is 0.548. The van der Waals surface area contributed by atoms with Gasteiger partial charge in [-0.2, -0.15) is 11.8 Å². The zero-order chi connectivity index (χ0) is 11.6. The summed E-state index contributed by atoms with van der Waals surface area (Å²) >= 11 is 1.92. The van der Waals surface area contributed by atoms with E-state index in [1.54, 1.807) is 0 Å². The lowest BCUT2D eigenvalue weighted by atomic mass is 10.0. The number of hydrogen-bond donors (Lipinski definition) is 1. The Morgan fingerprint density at radius 1 is 1.38 bits per heavy atom. The first kappa shape index (κ1) is 13.3. The molecule has 0 radical (unpaired) electrons. The minimum atomic E-state index is 0.589. The van der Waals surface area contributed by atoms with Gasteiger partial charge in [0.15, 0.2) is 0 Å². The van der Waals surface area contributed by atoms with E-state index < -0.39 is 0 Å². The van der Waals surface area contributed by atoms with E-state index >= 15 is 0 Å². The summed E-state index contributed by atoms with van der Waals surface area (Å²) in [5.41, 5.74) is 1.41. The molecule has 0 fully saturated rings. The molecule has 0 saturated carbocycles. The van der Waals surface area contributed by atoms with E-state index in [1.165, 1.54) is 5.56 Å². The molecule has 0 saturated heterocycles. The van der Waals surface area contributed by atoms with Gasteiger partial charge >= 0.3 is 0 Å². The van der Waals surface area contributed by atoms with Crippen LogP contribution in [0.25, 0.3) is 0 Å². The maximum atomic E-state index is 3.71. The smallest absolute Gasteiger partial charge is 0.0111 e. The second kappa shape index (κ2) is 8.43. The van der Waals surface area contributed by atoms with E-state index in [1.807, 2.05) is 17.8 Å². The van der Waals surface area contributed by atoms with Gasteiger partial charge in [-0.1, -0.05) is 43.3 Å².